The lowest BCUT2D eigenvalue weighted by molar-refractivity contribution is 0.0698. The van der Waals surface area contributed by atoms with E-state index in [-0.39, 0.29) is 23.6 Å². The number of piperidine rings is 1. The van der Waals surface area contributed by atoms with Gasteiger partial charge < -0.3 is 13.9 Å². The lowest BCUT2D eigenvalue weighted by Gasteiger charge is -2.31. The number of aromatic nitrogens is 5. The predicted octanol–water partition coefficient (Wildman–Crippen LogP) is 2.67. The van der Waals surface area contributed by atoms with Gasteiger partial charge in [-0.25, -0.2) is 9.48 Å². The highest BCUT2D eigenvalue weighted by molar-refractivity contribution is 5.94. The second kappa shape index (κ2) is 8.40. The zero-order valence-corrected chi connectivity index (χ0v) is 19.5. The third kappa shape index (κ3) is 3.78. The molecule has 1 aliphatic heterocycles. The van der Waals surface area contributed by atoms with E-state index in [4.69, 9.17) is 9.05 Å². The Labute approximate surface area is 186 Å². The summed E-state index contributed by atoms with van der Waals surface area (Å²) in [7, 11) is 1.68. The smallest absolute Gasteiger partial charge is 0.345 e. The molecule has 1 fully saturated rings. The van der Waals surface area contributed by atoms with Crippen LogP contribution in [0.2, 0.25) is 0 Å². The molecule has 0 aliphatic carbocycles. The van der Waals surface area contributed by atoms with E-state index >= 15 is 0 Å². The van der Waals surface area contributed by atoms with Gasteiger partial charge in [-0.3, -0.25) is 9.36 Å². The highest BCUT2D eigenvalue weighted by atomic mass is 16.5. The van der Waals surface area contributed by atoms with Crippen molar-refractivity contribution in [3.8, 4) is 0 Å². The van der Waals surface area contributed by atoms with Crippen LogP contribution in [-0.2, 0) is 13.5 Å². The Morgan fingerprint density at radius 1 is 1.06 bits per heavy atom. The van der Waals surface area contributed by atoms with Gasteiger partial charge in [-0.1, -0.05) is 10.3 Å². The summed E-state index contributed by atoms with van der Waals surface area (Å²) in [6, 6.07) is 0.0378. The van der Waals surface area contributed by atoms with Crippen LogP contribution in [0.15, 0.2) is 13.8 Å². The minimum atomic E-state index is -0.135. The van der Waals surface area contributed by atoms with Crippen molar-refractivity contribution >= 4 is 5.91 Å². The van der Waals surface area contributed by atoms with E-state index in [2.05, 4.69) is 15.4 Å². The van der Waals surface area contributed by atoms with Crippen LogP contribution in [0.4, 0.5) is 0 Å². The minimum absolute atomic E-state index is 0.0378. The number of amides is 1. The molecule has 10 heteroatoms. The van der Waals surface area contributed by atoms with Gasteiger partial charge in [0.15, 0.2) is 5.69 Å². The second-order valence-corrected chi connectivity index (χ2v) is 8.84. The van der Waals surface area contributed by atoms with Gasteiger partial charge in [0.1, 0.15) is 17.3 Å². The van der Waals surface area contributed by atoms with Gasteiger partial charge in [-0.05, 0) is 47.5 Å². The number of rotatable bonds is 5. The van der Waals surface area contributed by atoms with Crippen LogP contribution in [0, 0.1) is 20.8 Å². The average molecular weight is 443 g/mol. The number of hydrogen-bond donors (Lipinski definition) is 0. The van der Waals surface area contributed by atoms with Crippen LogP contribution >= 0.6 is 0 Å². The van der Waals surface area contributed by atoms with Crippen LogP contribution in [-0.4, -0.2) is 48.6 Å². The Balaban J connectivity index is 1.51. The van der Waals surface area contributed by atoms with Gasteiger partial charge in [-0.15, -0.1) is 0 Å². The van der Waals surface area contributed by atoms with E-state index in [0.29, 0.717) is 31.0 Å². The van der Waals surface area contributed by atoms with Crippen molar-refractivity contribution in [1.29, 1.82) is 0 Å². The van der Waals surface area contributed by atoms with Gasteiger partial charge in [0.2, 0.25) is 0 Å². The van der Waals surface area contributed by atoms with Crippen LogP contribution in [0.3, 0.4) is 0 Å². The lowest BCUT2D eigenvalue weighted by Crippen LogP contribution is -2.39. The van der Waals surface area contributed by atoms with Crippen LogP contribution in [0.25, 0.3) is 0 Å². The SMILES string of the molecule is Cc1noc(C)c1Cc1c(C(=O)N2CCC(c3nn(C)c(=O)n3C(C)C)CC2)noc1C. The molecule has 0 radical (unpaired) electrons. The molecule has 0 saturated carbocycles. The van der Waals surface area contributed by atoms with E-state index in [0.717, 1.165) is 41.2 Å². The molecular weight excluding hydrogens is 412 g/mol. The van der Waals surface area contributed by atoms with Crippen LogP contribution in [0.1, 0.15) is 83.3 Å². The molecule has 3 aromatic rings. The van der Waals surface area contributed by atoms with Crippen molar-refractivity contribution in [2.45, 2.75) is 65.8 Å². The quantitative estimate of drug-likeness (QED) is 0.597. The summed E-state index contributed by atoms with van der Waals surface area (Å²) in [5, 5.41) is 12.6. The summed E-state index contributed by atoms with van der Waals surface area (Å²) in [6.07, 6.45) is 1.97. The Morgan fingerprint density at radius 3 is 2.28 bits per heavy atom. The highest BCUT2D eigenvalue weighted by Crippen LogP contribution is 2.29. The first kappa shape index (κ1) is 22.0. The molecule has 0 atom stereocenters. The largest absolute Gasteiger partial charge is 0.361 e. The number of aryl methyl sites for hydroxylation is 4. The Bertz CT molecular complexity index is 1170. The number of likely N-dealkylation sites (tertiary alicyclic amines) is 1. The molecule has 10 nitrogen and oxygen atoms in total. The monoisotopic (exact) mass is 442 g/mol. The first-order valence-corrected chi connectivity index (χ1v) is 11.0. The summed E-state index contributed by atoms with van der Waals surface area (Å²) in [5.74, 6) is 2.16. The van der Waals surface area contributed by atoms with Gasteiger partial charge in [0.25, 0.3) is 5.91 Å². The molecular formula is C22H30N6O4. The maximum Gasteiger partial charge on any atom is 0.345 e. The topological polar surface area (TPSA) is 112 Å². The second-order valence-electron chi connectivity index (χ2n) is 8.84. The third-order valence-electron chi connectivity index (χ3n) is 6.37. The lowest BCUT2D eigenvalue weighted by atomic mass is 9.95. The molecule has 4 heterocycles. The van der Waals surface area contributed by atoms with E-state index < -0.39 is 0 Å². The maximum atomic E-state index is 13.3. The fourth-order valence-electron chi connectivity index (χ4n) is 4.45. The first-order chi connectivity index (χ1) is 15.2. The molecule has 0 unspecified atom stereocenters. The molecule has 1 aliphatic rings. The molecule has 4 rings (SSSR count). The normalized spacial score (nSPS) is 15.2. The van der Waals surface area contributed by atoms with Gasteiger partial charge >= 0.3 is 5.69 Å². The van der Waals surface area contributed by atoms with E-state index in [9.17, 15) is 9.59 Å². The molecule has 1 saturated heterocycles. The maximum absolute atomic E-state index is 13.3. The zero-order chi connectivity index (χ0) is 23.2. The molecule has 0 bridgehead atoms. The van der Waals surface area contributed by atoms with Gasteiger partial charge in [-0.2, -0.15) is 5.10 Å². The van der Waals surface area contributed by atoms with E-state index in [1.165, 1.54) is 4.68 Å². The Hall–Kier alpha value is -3.17. The molecule has 0 N–H and O–H groups in total. The van der Waals surface area contributed by atoms with Gasteiger partial charge in [0.05, 0.1) is 5.69 Å². The Kier molecular flexibility index (Phi) is 5.79. The molecule has 0 aromatic carbocycles. The summed E-state index contributed by atoms with van der Waals surface area (Å²) >= 11 is 0. The van der Waals surface area contributed by atoms with Crippen molar-refractivity contribution in [2.75, 3.05) is 13.1 Å². The molecule has 172 valence electrons. The molecule has 1 amide bonds. The minimum Gasteiger partial charge on any atom is -0.361 e. The summed E-state index contributed by atoms with van der Waals surface area (Å²) < 4.78 is 13.8. The third-order valence-corrected chi connectivity index (χ3v) is 6.37. The number of hydrogen-bond acceptors (Lipinski definition) is 7. The average Bonchev–Trinajstić information content (AvgIpc) is 3.39. The fraction of sp³-hybridized carbons (Fsp3) is 0.591. The number of carbonyl (C=O) groups excluding carboxylic acids is 1. The van der Waals surface area contributed by atoms with Crippen molar-refractivity contribution in [2.24, 2.45) is 7.05 Å². The molecule has 32 heavy (non-hydrogen) atoms. The summed E-state index contributed by atoms with van der Waals surface area (Å²) in [4.78, 5) is 27.5. The zero-order valence-electron chi connectivity index (χ0n) is 19.5. The molecule has 3 aromatic heterocycles. The fourth-order valence-corrected chi connectivity index (χ4v) is 4.45. The van der Waals surface area contributed by atoms with E-state index in [1.807, 2.05) is 39.5 Å². The van der Waals surface area contributed by atoms with Crippen molar-refractivity contribution < 1.29 is 13.8 Å². The summed E-state index contributed by atoms with van der Waals surface area (Å²) in [6.45, 7) is 10.7. The first-order valence-electron chi connectivity index (χ1n) is 11.0. The van der Waals surface area contributed by atoms with Crippen LogP contribution < -0.4 is 5.69 Å². The number of carbonyl (C=O) groups is 1. The summed E-state index contributed by atoms with van der Waals surface area (Å²) in [5.41, 5.74) is 2.76. The number of nitrogens with zero attached hydrogens (tertiary/aromatic N) is 6. The van der Waals surface area contributed by atoms with Crippen molar-refractivity contribution in [3.63, 3.8) is 0 Å². The van der Waals surface area contributed by atoms with Crippen molar-refractivity contribution in [3.05, 3.63) is 50.3 Å². The standard InChI is InChI=1S/C22H30N6O4/c1-12(2)28-20(23-26(6)22(28)30)16-7-9-27(10-8-16)21(29)19-18(15(5)32-25-19)11-17-13(3)24-31-14(17)4/h12,16H,7-11H2,1-6H3. The Morgan fingerprint density at radius 2 is 1.69 bits per heavy atom. The van der Waals surface area contributed by atoms with Gasteiger partial charge in [0, 0.05) is 49.6 Å². The molecule has 0 spiro atoms. The van der Waals surface area contributed by atoms with Crippen LogP contribution in [0.5, 0.6) is 0 Å². The van der Waals surface area contributed by atoms with Crippen molar-refractivity contribution in [1.82, 2.24) is 29.6 Å². The van der Waals surface area contributed by atoms with E-state index in [1.54, 1.807) is 11.6 Å². The predicted molar refractivity (Wildman–Crippen MR) is 116 cm³/mol. The highest BCUT2D eigenvalue weighted by Gasteiger charge is 2.32.